The number of esters is 1. The maximum Gasteiger partial charge on any atom is 0.337 e. The van der Waals surface area contributed by atoms with Gasteiger partial charge in [-0.05, 0) is 48.5 Å². The number of Topliss-reactive ketones (excluding diaryl/α,β-unsaturated/α-hetero) is 1. The third kappa shape index (κ3) is 4.14. The van der Waals surface area contributed by atoms with Crippen molar-refractivity contribution in [2.24, 2.45) is 0 Å². The summed E-state index contributed by atoms with van der Waals surface area (Å²) in [5.74, 6) is -1.21. The number of ketones is 1. The van der Waals surface area contributed by atoms with Gasteiger partial charge in [0.05, 0.1) is 31.4 Å². The molecule has 9 heteroatoms. The Morgan fingerprint density at radius 2 is 1.59 bits per heavy atom. The van der Waals surface area contributed by atoms with Crippen LogP contribution in [0.1, 0.15) is 27.5 Å². The van der Waals surface area contributed by atoms with Gasteiger partial charge in [0, 0.05) is 16.8 Å². The van der Waals surface area contributed by atoms with Crippen molar-refractivity contribution < 1.29 is 38.4 Å². The topological polar surface area (TPSA) is 112 Å². The quantitative estimate of drug-likeness (QED) is 0.243. The van der Waals surface area contributed by atoms with Crippen molar-refractivity contribution >= 4 is 29.1 Å². The first-order chi connectivity index (χ1) is 17.9. The summed E-state index contributed by atoms with van der Waals surface area (Å²) in [6, 6.07) is 16.8. The van der Waals surface area contributed by atoms with Gasteiger partial charge in [0.15, 0.2) is 11.5 Å². The fourth-order valence-electron chi connectivity index (χ4n) is 4.51. The van der Waals surface area contributed by atoms with Crippen molar-refractivity contribution in [3.63, 3.8) is 0 Å². The van der Waals surface area contributed by atoms with Gasteiger partial charge in [0.25, 0.3) is 11.7 Å². The van der Waals surface area contributed by atoms with Crippen molar-refractivity contribution in [1.29, 1.82) is 0 Å². The third-order valence-electron chi connectivity index (χ3n) is 6.26. The number of nitrogens with zero attached hydrogens (tertiary/aromatic N) is 1. The van der Waals surface area contributed by atoms with Crippen LogP contribution in [0.4, 0.5) is 5.69 Å². The number of fused-ring (bicyclic) bond motifs is 1. The fraction of sp³-hybridized carbons (Fsp3) is 0.179. The van der Waals surface area contributed by atoms with E-state index < -0.39 is 23.7 Å². The number of amides is 1. The summed E-state index contributed by atoms with van der Waals surface area (Å²) in [5, 5.41) is 11.4. The van der Waals surface area contributed by atoms with Gasteiger partial charge in [-0.25, -0.2) is 4.79 Å². The maximum atomic E-state index is 13.4. The van der Waals surface area contributed by atoms with Gasteiger partial charge in [-0.15, -0.1) is 0 Å². The first-order valence-corrected chi connectivity index (χ1v) is 11.5. The number of aliphatic hydroxyl groups is 1. The summed E-state index contributed by atoms with van der Waals surface area (Å²) in [6.07, 6.45) is 0. The summed E-state index contributed by atoms with van der Waals surface area (Å²) >= 11 is 0. The second-order valence-electron chi connectivity index (χ2n) is 8.31. The second kappa shape index (κ2) is 9.69. The zero-order chi connectivity index (χ0) is 26.1. The van der Waals surface area contributed by atoms with E-state index in [4.69, 9.17) is 18.9 Å². The molecule has 0 aliphatic carbocycles. The Kier molecular flexibility index (Phi) is 6.27. The Hall–Kier alpha value is -4.79. The Morgan fingerprint density at radius 1 is 0.919 bits per heavy atom. The number of rotatable bonds is 5. The van der Waals surface area contributed by atoms with E-state index in [0.29, 0.717) is 47.3 Å². The van der Waals surface area contributed by atoms with Gasteiger partial charge in [-0.1, -0.05) is 18.2 Å². The Labute approximate surface area is 212 Å². The predicted octanol–water partition coefficient (Wildman–Crippen LogP) is 3.88. The van der Waals surface area contributed by atoms with Crippen LogP contribution in [0.15, 0.2) is 72.3 Å². The third-order valence-corrected chi connectivity index (χ3v) is 6.26. The van der Waals surface area contributed by atoms with E-state index in [-0.39, 0.29) is 16.9 Å². The molecule has 0 saturated carbocycles. The standard InChI is InChI=1S/C28H23NO8/c1-34-20-6-4-3-5-19(20)24-23(25(30)17-9-12-21-22(15-17)37-14-13-36-21)26(31)27(32)29(24)18-10-7-16(8-11-18)28(33)35-2/h3-12,15,24,30H,13-14H2,1-2H3/b25-23+. The van der Waals surface area contributed by atoms with Gasteiger partial charge in [-0.2, -0.15) is 0 Å². The Balaban J connectivity index is 1.68. The molecule has 2 aliphatic rings. The highest BCUT2D eigenvalue weighted by molar-refractivity contribution is 6.51. The minimum absolute atomic E-state index is 0.108. The molecule has 9 nitrogen and oxygen atoms in total. The molecule has 2 heterocycles. The van der Waals surface area contributed by atoms with Crippen molar-refractivity contribution in [2.45, 2.75) is 6.04 Å². The highest BCUT2D eigenvalue weighted by atomic mass is 16.6. The smallest absolute Gasteiger partial charge is 0.337 e. The van der Waals surface area contributed by atoms with Crippen molar-refractivity contribution in [3.8, 4) is 17.2 Å². The second-order valence-corrected chi connectivity index (χ2v) is 8.31. The van der Waals surface area contributed by atoms with Crippen molar-refractivity contribution in [3.05, 3.63) is 89.0 Å². The molecule has 2 aliphatic heterocycles. The first-order valence-electron chi connectivity index (χ1n) is 11.5. The lowest BCUT2D eigenvalue weighted by atomic mass is 9.94. The Bertz CT molecular complexity index is 1430. The molecule has 0 radical (unpaired) electrons. The summed E-state index contributed by atoms with van der Waals surface area (Å²) in [4.78, 5) is 40.0. The van der Waals surface area contributed by atoms with Crippen LogP contribution >= 0.6 is 0 Å². The number of hydrogen-bond acceptors (Lipinski definition) is 8. The monoisotopic (exact) mass is 501 g/mol. The minimum Gasteiger partial charge on any atom is -0.507 e. The fourth-order valence-corrected chi connectivity index (χ4v) is 4.51. The van der Waals surface area contributed by atoms with E-state index in [0.717, 1.165) is 0 Å². The summed E-state index contributed by atoms with van der Waals surface area (Å²) in [6.45, 7) is 0.760. The summed E-state index contributed by atoms with van der Waals surface area (Å²) < 4.78 is 21.5. The number of carbonyl (C=O) groups excluding carboxylic acids is 3. The Morgan fingerprint density at radius 3 is 2.30 bits per heavy atom. The molecule has 188 valence electrons. The molecule has 1 atom stereocenters. The molecule has 5 rings (SSSR count). The highest BCUT2D eigenvalue weighted by Crippen LogP contribution is 2.45. The number of anilines is 1. The molecule has 1 amide bonds. The van der Waals surface area contributed by atoms with Crippen LogP contribution in [0.5, 0.6) is 17.2 Å². The molecule has 3 aromatic carbocycles. The number of aliphatic hydroxyl groups excluding tert-OH is 1. The molecule has 0 aromatic heterocycles. The van der Waals surface area contributed by atoms with Gasteiger partial charge in [-0.3, -0.25) is 14.5 Å². The van der Waals surface area contributed by atoms with E-state index in [1.165, 1.54) is 31.3 Å². The number of carbonyl (C=O) groups is 3. The molecule has 1 fully saturated rings. The molecule has 1 saturated heterocycles. The van der Waals surface area contributed by atoms with Crippen LogP contribution in [-0.2, 0) is 14.3 Å². The zero-order valence-corrected chi connectivity index (χ0v) is 20.1. The van der Waals surface area contributed by atoms with Gasteiger partial charge >= 0.3 is 5.97 Å². The lowest BCUT2D eigenvalue weighted by Gasteiger charge is -2.27. The number of benzene rings is 3. The predicted molar refractivity (Wildman–Crippen MR) is 133 cm³/mol. The van der Waals surface area contributed by atoms with Gasteiger partial charge in [0.2, 0.25) is 0 Å². The molecule has 3 aromatic rings. The van der Waals surface area contributed by atoms with Crippen LogP contribution in [0.2, 0.25) is 0 Å². The molecule has 1 N–H and O–H groups in total. The number of para-hydroxylation sites is 1. The summed E-state index contributed by atoms with van der Waals surface area (Å²) in [7, 11) is 2.76. The SMILES string of the molecule is COC(=O)c1ccc(N2C(=O)C(=O)/C(=C(/O)c3ccc4c(c3)OCCO4)C2c2ccccc2OC)cc1. The molecule has 1 unspecified atom stereocenters. The molecule has 37 heavy (non-hydrogen) atoms. The average molecular weight is 501 g/mol. The normalized spacial score (nSPS) is 18.0. The van der Waals surface area contributed by atoms with Gasteiger partial charge < -0.3 is 24.1 Å². The minimum atomic E-state index is -1.01. The van der Waals surface area contributed by atoms with Crippen molar-refractivity contribution in [1.82, 2.24) is 0 Å². The summed E-state index contributed by atoms with van der Waals surface area (Å²) in [5.41, 5.74) is 1.33. The van der Waals surface area contributed by atoms with Crippen LogP contribution < -0.4 is 19.1 Å². The highest BCUT2D eigenvalue weighted by Gasteiger charge is 2.48. The lowest BCUT2D eigenvalue weighted by Crippen LogP contribution is -2.29. The van der Waals surface area contributed by atoms with Crippen molar-refractivity contribution in [2.75, 3.05) is 32.3 Å². The number of ether oxygens (including phenoxy) is 4. The number of methoxy groups -OCH3 is 2. The van der Waals surface area contributed by atoms with Crippen LogP contribution in [0, 0.1) is 0 Å². The van der Waals surface area contributed by atoms with Gasteiger partial charge in [0.1, 0.15) is 24.7 Å². The largest absolute Gasteiger partial charge is 0.507 e. The zero-order valence-electron chi connectivity index (χ0n) is 20.1. The first kappa shape index (κ1) is 23.9. The van der Waals surface area contributed by atoms with E-state index in [1.54, 1.807) is 54.6 Å². The lowest BCUT2D eigenvalue weighted by molar-refractivity contribution is -0.132. The molecule has 0 spiro atoms. The molecule has 0 bridgehead atoms. The van der Waals surface area contributed by atoms with E-state index in [9.17, 15) is 19.5 Å². The number of hydrogen-bond donors (Lipinski definition) is 1. The average Bonchev–Trinajstić information content (AvgIpc) is 3.21. The van der Waals surface area contributed by atoms with E-state index >= 15 is 0 Å². The maximum absolute atomic E-state index is 13.4. The van der Waals surface area contributed by atoms with Crippen LogP contribution in [0.3, 0.4) is 0 Å². The van der Waals surface area contributed by atoms with Crippen LogP contribution in [0.25, 0.3) is 5.76 Å². The van der Waals surface area contributed by atoms with E-state index in [2.05, 4.69) is 0 Å². The van der Waals surface area contributed by atoms with E-state index in [1.807, 2.05) is 0 Å². The van der Waals surface area contributed by atoms with Crippen LogP contribution in [-0.4, -0.2) is 50.2 Å². The molecular weight excluding hydrogens is 478 g/mol. The molecular formula is C28H23NO8.